The molecular formula is C30H30N2O5. The monoisotopic (exact) mass is 498 g/mol. The lowest BCUT2D eigenvalue weighted by atomic mass is 9.98. The third-order valence-electron chi connectivity index (χ3n) is 6.91. The predicted octanol–water partition coefficient (Wildman–Crippen LogP) is 4.76. The number of aryl methyl sites for hydroxylation is 1. The minimum atomic E-state index is -0.412. The molecule has 2 heterocycles. The number of amides is 1. The van der Waals surface area contributed by atoms with Crippen LogP contribution in [0.3, 0.4) is 0 Å². The van der Waals surface area contributed by atoms with Gasteiger partial charge in [0, 0.05) is 55.8 Å². The number of anilines is 1. The Morgan fingerprint density at radius 1 is 0.892 bits per heavy atom. The lowest BCUT2D eigenvalue weighted by molar-refractivity contribution is -0.131. The number of piperazine rings is 1. The number of fused-ring (bicyclic) bond motifs is 1. The molecule has 0 spiro atoms. The van der Waals surface area contributed by atoms with Crippen LogP contribution in [0.1, 0.15) is 12.0 Å². The highest BCUT2D eigenvalue weighted by atomic mass is 16.5. The van der Waals surface area contributed by atoms with Crippen LogP contribution < -0.4 is 20.0 Å². The average Bonchev–Trinajstić information content (AvgIpc) is 2.95. The van der Waals surface area contributed by atoms with E-state index in [9.17, 15) is 9.59 Å². The Balaban J connectivity index is 1.29. The van der Waals surface area contributed by atoms with E-state index in [-0.39, 0.29) is 5.91 Å². The highest BCUT2D eigenvalue weighted by Crippen LogP contribution is 2.33. The molecule has 0 N–H and O–H groups in total. The van der Waals surface area contributed by atoms with Crippen molar-refractivity contribution in [1.82, 2.24) is 4.90 Å². The van der Waals surface area contributed by atoms with E-state index >= 15 is 0 Å². The van der Waals surface area contributed by atoms with E-state index in [1.807, 2.05) is 65.6 Å². The lowest BCUT2D eigenvalue weighted by Crippen LogP contribution is -2.48. The molecule has 4 aromatic rings. The predicted molar refractivity (Wildman–Crippen MR) is 145 cm³/mol. The van der Waals surface area contributed by atoms with Crippen molar-refractivity contribution in [2.45, 2.75) is 12.8 Å². The molecule has 1 aromatic heterocycles. The summed E-state index contributed by atoms with van der Waals surface area (Å²) in [5.41, 5.74) is 3.83. The van der Waals surface area contributed by atoms with Crippen LogP contribution >= 0.6 is 0 Å². The maximum atomic E-state index is 13.1. The van der Waals surface area contributed by atoms with Gasteiger partial charge >= 0.3 is 5.63 Å². The van der Waals surface area contributed by atoms with Gasteiger partial charge in [0.1, 0.15) is 17.1 Å². The third-order valence-corrected chi connectivity index (χ3v) is 6.91. The molecule has 0 saturated carbocycles. The molecule has 5 rings (SSSR count). The molecule has 0 aliphatic carbocycles. The normalized spacial score (nSPS) is 13.6. The molecule has 37 heavy (non-hydrogen) atoms. The summed E-state index contributed by atoms with van der Waals surface area (Å²) in [6.07, 6.45) is 0.909. The van der Waals surface area contributed by atoms with Crippen molar-refractivity contribution in [2.75, 3.05) is 45.3 Å². The van der Waals surface area contributed by atoms with Crippen molar-refractivity contribution in [3.05, 3.63) is 88.8 Å². The standard InChI is InChI=1S/C30H30N2O5/c1-35-24-11-9-23(10-12-24)31-14-16-32(17-15-31)29(33)13-8-22-18-26-25(21-6-4-3-5-7-21)19-30(34)37-28(26)20-27(22)36-2/h3-7,9-12,18-20H,8,13-17H2,1-2H3. The molecule has 1 fully saturated rings. The summed E-state index contributed by atoms with van der Waals surface area (Å²) in [4.78, 5) is 29.5. The fourth-order valence-corrected chi connectivity index (χ4v) is 4.88. The van der Waals surface area contributed by atoms with E-state index in [1.54, 1.807) is 20.3 Å². The summed E-state index contributed by atoms with van der Waals surface area (Å²) in [6, 6.07) is 23.0. The number of benzene rings is 3. The van der Waals surface area contributed by atoms with Gasteiger partial charge in [-0.1, -0.05) is 30.3 Å². The molecule has 1 aliphatic heterocycles. The van der Waals surface area contributed by atoms with Gasteiger partial charge in [-0.05, 0) is 53.4 Å². The van der Waals surface area contributed by atoms with Gasteiger partial charge in [0.05, 0.1) is 14.2 Å². The summed E-state index contributed by atoms with van der Waals surface area (Å²) in [6.45, 7) is 2.94. The fraction of sp³-hybridized carbons (Fsp3) is 0.267. The Morgan fingerprint density at radius 3 is 2.30 bits per heavy atom. The summed E-state index contributed by atoms with van der Waals surface area (Å²) < 4.78 is 16.3. The Labute approximate surface area is 215 Å². The Hall–Kier alpha value is -4.26. The molecule has 0 radical (unpaired) electrons. The SMILES string of the molecule is COc1ccc(N2CCN(C(=O)CCc3cc4c(-c5ccccc5)cc(=O)oc4cc3OC)CC2)cc1. The van der Waals surface area contributed by atoms with E-state index in [2.05, 4.69) is 4.90 Å². The number of rotatable bonds is 7. The van der Waals surface area contributed by atoms with Gasteiger partial charge in [-0.2, -0.15) is 0 Å². The van der Waals surface area contributed by atoms with E-state index in [0.29, 0.717) is 37.3 Å². The van der Waals surface area contributed by atoms with Gasteiger partial charge < -0.3 is 23.7 Å². The van der Waals surface area contributed by atoms with Crippen molar-refractivity contribution in [3.8, 4) is 22.6 Å². The molecule has 0 bridgehead atoms. The molecule has 0 unspecified atom stereocenters. The number of hydrogen-bond donors (Lipinski definition) is 0. The van der Waals surface area contributed by atoms with E-state index in [4.69, 9.17) is 13.9 Å². The van der Waals surface area contributed by atoms with Crippen LogP contribution in [0.2, 0.25) is 0 Å². The van der Waals surface area contributed by atoms with Crippen molar-refractivity contribution in [3.63, 3.8) is 0 Å². The third kappa shape index (κ3) is 5.31. The van der Waals surface area contributed by atoms with Crippen LogP contribution in [-0.4, -0.2) is 51.2 Å². The highest BCUT2D eigenvalue weighted by Gasteiger charge is 2.22. The largest absolute Gasteiger partial charge is 0.497 e. The molecule has 1 amide bonds. The molecule has 3 aromatic carbocycles. The second kappa shape index (κ2) is 10.8. The number of carbonyl (C=O) groups excluding carboxylic acids is 1. The van der Waals surface area contributed by atoms with Gasteiger partial charge in [-0.3, -0.25) is 4.79 Å². The Bertz CT molecular complexity index is 1440. The highest BCUT2D eigenvalue weighted by molar-refractivity contribution is 5.94. The van der Waals surface area contributed by atoms with Crippen molar-refractivity contribution < 1.29 is 18.7 Å². The van der Waals surface area contributed by atoms with Crippen molar-refractivity contribution >= 4 is 22.6 Å². The summed E-state index contributed by atoms with van der Waals surface area (Å²) in [5, 5.41) is 0.821. The molecule has 7 nitrogen and oxygen atoms in total. The molecule has 190 valence electrons. The smallest absolute Gasteiger partial charge is 0.336 e. The first-order valence-electron chi connectivity index (χ1n) is 12.4. The minimum absolute atomic E-state index is 0.124. The van der Waals surface area contributed by atoms with E-state index in [1.165, 1.54) is 6.07 Å². The molecular weight excluding hydrogens is 468 g/mol. The number of hydrogen-bond acceptors (Lipinski definition) is 6. The number of nitrogens with zero attached hydrogens (tertiary/aromatic N) is 2. The maximum absolute atomic E-state index is 13.1. The van der Waals surface area contributed by atoms with Crippen molar-refractivity contribution in [1.29, 1.82) is 0 Å². The Kier molecular flexibility index (Phi) is 7.12. The summed E-state index contributed by atoms with van der Waals surface area (Å²) >= 11 is 0. The van der Waals surface area contributed by atoms with Gasteiger partial charge in [0.25, 0.3) is 0 Å². The molecule has 7 heteroatoms. The number of ether oxygens (including phenoxy) is 2. The zero-order valence-electron chi connectivity index (χ0n) is 21.1. The van der Waals surface area contributed by atoms with Crippen LogP contribution in [0, 0.1) is 0 Å². The van der Waals surface area contributed by atoms with E-state index < -0.39 is 5.63 Å². The first-order valence-corrected chi connectivity index (χ1v) is 12.4. The first-order chi connectivity index (χ1) is 18.1. The van der Waals surface area contributed by atoms with Gasteiger partial charge in [-0.15, -0.1) is 0 Å². The molecule has 1 aliphatic rings. The van der Waals surface area contributed by atoms with Crippen LogP contribution in [0.5, 0.6) is 11.5 Å². The maximum Gasteiger partial charge on any atom is 0.336 e. The van der Waals surface area contributed by atoms with Crippen LogP contribution in [0.4, 0.5) is 5.69 Å². The topological polar surface area (TPSA) is 72.2 Å². The summed E-state index contributed by atoms with van der Waals surface area (Å²) in [5.74, 6) is 1.57. The van der Waals surface area contributed by atoms with Crippen LogP contribution in [0.15, 0.2) is 82.0 Å². The van der Waals surface area contributed by atoms with E-state index in [0.717, 1.165) is 46.6 Å². The number of methoxy groups -OCH3 is 2. The Morgan fingerprint density at radius 2 is 1.62 bits per heavy atom. The average molecular weight is 499 g/mol. The fourth-order valence-electron chi connectivity index (χ4n) is 4.88. The van der Waals surface area contributed by atoms with Crippen LogP contribution in [0.25, 0.3) is 22.1 Å². The lowest BCUT2D eigenvalue weighted by Gasteiger charge is -2.36. The number of carbonyl (C=O) groups is 1. The van der Waals surface area contributed by atoms with Crippen LogP contribution in [-0.2, 0) is 11.2 Å². The quantitative estimate of drug-likeness (QED) is 0.342. The molecule has 1 saturated heterocycles. The van der Waals surface area contributed by atoms with Gasteiger partial charge in [0.15, 0.2) is 0 Å². The summed E-state index contributed by atoms with van der Waals surface area (Å²) in [7, 11) is 3.25. The first kappa shape index (κ1) is 24.4. The molecule has 0 atom stereocenters. The minimum Gasteiger partial charge on any atom is -0.497 e. The van der Waals surface area contributed by atoms with Gasteiger partial charge in [0.2, 0.25) is 5.91 Å². The second-order valence-electron chi connectivity index (χ2n) is 9.07. The zero-order chi connectivity index (χ0) is 25.8. The van der Waals surface area contributed by atoms with Crippen molar-refractivity contribution in [2.24, 2.45) is 0 Å². The van der Waals surface area contributed by atoms with Gasteiger partial charge in [-0.25, -0.2) is 4.79 Å². The second-order valence-corrected chi connectivity index (χ2v) is 9.07. The zero-order valence-corrected chi connectivity index (χ0v) is 21.1.